The summed E-state index contributed by atoms with van der Waals surface area (Å²) in [5.74, 6) is -1.71. The number of hydrogen-bond acceptors (Lipinski definition) is 4. The van der Waals surface area contributed by atoms with E-state index in [9.17, 15) is 17.2 Å². The number of halogens is 2. The molecule has 0 N–H and O–H groups in total. The summed E-state index contributed by atoms with van der Waals surface area (Å²) in [6.07, 6.45) is 1.62. The third kappa shape index (κ3) is 4.25. The molecule has 0 radical (unpaired) electrons. The molecule has 25 heavy (non-hydrogen) atoms. The lowest BCUT2D eigenvalue weighted by molar-refractivity contribution is 0.0586. The number of hydrogen-bond donors (Lipinski definition) is 0. The normalized spacial score (nSPS) is 16.4. The first-order chi connectivity index (χ1) is 12.0. The van der Waals surface area contributed by atoms with E-state index < -0.39 is 26.6 Å². The van der Waals surface area contributed by atoms with Crippen molar-refractivity contribution in [1.29, 1.82) is 0 Å². The van der Waals surface area contributed by atoms with Gasteiger partial charge in [0.1, 0.15) is 16.5 Å². The van der Waals surface area contributed by atoms with E-state index in [0.717, 1.165) is 23.1 Å². The van der Waals surface area contributed by atoms with E-state index in [1.54, 1.807) is 11.3 Å². The Morgan fingerprint density at radius 1 is 1.20 bits per heavy atom. The van der Waals surface area contributed by atoms with E-state index in [2.05, 4.69) is 0 Å². The minimum atomic E-state index is -4.14. The van der Waals surface area contributed by atoms with Crippen LogP contribution in [-0.2, 0) is 21.2 Å². The fraction of sp³-hybridized carbons (Fsp3) is 0.412. The van der Waals surface area contributed by atoms with Crippen molar-refractivity contribution in [2.45, 2.75) is 30.2 Å². The average Bonchev–Trinajstić information content (AvgIpc) is 3.11. The predicted octanol–water partition coefficient (Wildman–Crippen LogP) is 3.44. The molecule has 0 amide bonds. The van der Waals surface area contributed by atoms with E-state index in [1.165, 1.54) is 4.31 Å². The number of ether oxygens (including phenoxy) is 1. The van der Waals surface area contributed by atoms with Crippen LogP contribution in [0.3, 0.4) is 0 Å². The van der Waals surface area contributed by atoms with E-state index >= 15 is 0 Å². The number of thiophene rings is 1. The summed E-state index contributed by atoms with van der Waals surface area (Å²) in [6.45, 7) is 1.14. The standard InChI is InChI=1S/C17H19F2NO3S2/c18-13-3-4-16(19)17(12-13)25(21,22)20(14-6-9-23-10-7-14)8-5-15-2-1-11-24-15/h1-4,11-12,14H,5-10H2. The van der Waals surface area contributed by atoms with Crippen molar-refractivity contribution >= 4 is 21.4 Å². The van der Waals surface area contributed by atoms with Crippen molar-refractivity contribution in [3.63, 3.8) is 0 Å². The lowest BCUT2D eigenvalue weighted by Crippen LogP contribution is -2.44. The van der Waals surface area contributed by atoms with Gasteiger partial charge in [-0.1, -0.05) is 6.07 Å². The predicted molar refractivity (Wildman–Crippen MR) is 92.1 cm³/mol. The van der Waals surface area contributed by atoms with Crippen molar-refractivity contribution in [3.05, 3.63) is 52.2 Å². The number of benzene rings is 1. The van der Waals surface area contributed by atoms with Gasteiger partial charge in [-0.2, -0.15) is 4.31 Å². The van der Waals surface area contributed by atoms with E-state index in [1.807, 2.05) is 17.5 Å². The Kier molecular flexibility index (Phi) is 5.83. The van der Waals surface area contributed by atoms with Gasteiger partial charge in [0.05, 0.1) is 0 Å². The Hall–Kier alpha value is -1.35. The largest absolute Gasteiger partial charge is 0.381 e. The smallest absolute Gasteiger partial charge is 0.246 e. The summed E-state index contributed by atoms with van der Waals surface area (Å²) >= 11 is 1.54. The van der Waals surface area contributed by atoms with Crippen LogP contribution in [0.5, 0.6) is 0 Å². The molecule has 0 aliphatic carbocycles. The topological polar surface area (TPSA) is 46.6 Å². The summed E-state index contributed by atoms with van der Waals surface area (Å²) in [5, 5.41) is 1.93. The average molecular weight is 387 g/mol. The van der Waals surface area contributed by atoms with Crippen LogP contribution in [0.15, 0.2) is 40.6 Å². The van der Waals surface area contributed by atoms with Crippen molar-refractivity contribution in [2.75, 3.05) is 19.8 Å². The van der Waals surface area contributed by atoms with Gasteiger partial charge >= 0.3 is 0 Å². The lowest BCUT2D eigenvalue weighted by Gasteiger charge is -2.33. The Morgan fingerprint density at radius 3 is 2.64 bits per heavy atom. The van der Waals surface area contributed by atoms with Crippen LogP contribution in [-0.4, -0.2) is 38.5 Å². The SMILES string of the molecule is O=S(=O)(c1cc(F)ccc1F)N(CCc1cccs1)C1CCOCC1. The van der Waals surface area contributed by atoms with E-state index in [0.29, 0.717) is 32.5 Å². The van der Waals surface area contributed by atoms with Crippen LogP contribution in [0.2, 0.25) is 0 Å². The van der Waals surface area contributed by atoms with Crippen molar-refractivity contribution in [2.24, 2.45) is 0 Å². The first-order valence-corrected chi connectivity index (χ1v) is 10.4. The summed E-state index contributed by atoms with van der Waals surface area (Å²) in [6, 6.07) is 6.08. The van der Waals surface area contributed by atoms with E-state index in [4.69, 9.17) is 4.74 Å². The van der Waals surface area contributed by atoms with Gasteiger partial charge in [0, 0.05) is 30.7 Å². The maximum Gasteiger partial charge on any atom is 0.246 e. The molecule has 8 heteroatoms. The molecule has 1 aromatic heterocycles. The highest BCUT2D eigenvalue weighted by atomic mass is 32.2. The first-order valence-electron chi connectivity index (χ1n) is 8.05. The summed E-state index contributed by atoms with van der Waals surface area (Å²) in [4.78, 5) is 0.442. The zero-order valence-electron chi connectivity index (χ0n) is 13.5. The zero-order valence-corrected chi connectivity index (χ0v) is 15.2. The molecular weight excluding hydrogens is 368 g/mol. The Labute approximate surface area is 150 Å². The van der Waals surface area contributed by atoms with Crippen LogP contribution in [0.1, 0.15) is 17.7 Å². The van der Waals surface area contributed by atoms with Gasteiger partial charge in [-0.3, -0.25) is 0 Å². The highest BCUT2D eigenvalue weighted by Gasteiger charge is 2.34. The number of nitrogens with zero attached hydrogens (tertiary/aromatic N) is 1. The van der Waals surface area contributed by atoms with Gasteiger partial charge in [0.15, 0.2) is 0 Å². The third-order valence-electron chi connectivity index (χ3n) is 4.24. The fourth-order valence-electron chi connectivity index (χ4n) is 2.95. The molecule has 1 aromatic carbocycles. The third-order valence-corrected chi connectivity index (χ3v) is 7.14. The molecule has 0 saturated carbocycles. The molecule has 1 saturated heterocycles. The van der Waals surface area contributed by atoms with Crippen LogP contribution >= 0.6 is 11.3 Å². The second kappa shape index (κ2) is 7.90. The Morgan fingerprint density at radius 2 is 1.96 bits per heavy atom. The summed E-state index contributed by atoms with van der Waals surface area (Å²) < 4.78 is 60.3. The maximum absolute atomic E-state index is 14.1. The van der Waals surface area contributed by atoms with Crippen LogP contribution in [0.25, 0.3) is 0 Å². The maximum atomic E-state index is 14.1. The summed E-state index contributed by atoms with van der Waals surface area (Å²) in [7, 11) is -4.14. The van der Waals surface area contributed by atoms with Gasteiger partial charge in [-0.15, -0.1) is 11.3 Å². The molecule has 0 unspecified atom stereocenters. The molecule has 1 aliphatic heterocycles. The quantitative estimate of drug-likeness (QED) is 0.763. The Balaban J connectivity index is 1.92. The van der Waals surface area contributed by atoms with Gasteiger partial charge in [-0.05, 0) is 48.9 Å². The van der Waals surface area contributed by atoms with Crippen molar-refractivity contribution in [3.8, 4) is 0 Å². The minimum absolute atomic E-state index is 0.226. The minimum Gasteiger partial charge on any atom is -0.381 e. The highest BCUT2D eigenvalue weighted by molar-refractivity contribution is 7.89. The molecule has 1 aliphatic rings. The van der Waals surface area contributed by atoms with Gasteiger partial charge in [0.25, 0.3) is 0 Å². The van der Waals surface area contributed by atoms with Gasteiger partial charge in [0.2, 0.25) is 10.0 Å². The number of sulfonamides is 1. The molecule has 136 valence electrons. The van der Waals surface area contributed by atoms with Crippen molar-refractivity contribution < 1.29 is 21.9 Å². The second-order valence-electron chi connectivity index (χ2n) is 5.86. The van der Waals surface area contributed by atoms with Crippen LogP contribution < -0.4 is 0 Å². The molecule has 0 bridgehead atoms. The van der Waals surface area contributed by atoms with Crippen LogP contribution in [0.4, 0.5) is 8.78 Å². The lowest BCUT2D eigenvalue weighted by atomic mass is 10.1. The van der Waals surface area contributed by atoms with Crippen LogP contribution in [0, 0.1) is 11.6 Å². The molecule has 2 aromatic rings. The van der Waals surface area contributed by atoms with Crippen molar-refractivity contribution in [1.82, 2.24) is 4.31 Å². The molecular formula is C17H19F2NO3S2. The number of rotatable bonds is 6. The van der Waals surface area contributed by atoms with Gasteiger partial charge < -0.3 is 4.74 Å². The molecule has 1 fully saturated rings. The molecule has 3 rings (SSSR count). The van der Waals surface area contributed by atoms with E-state index in [-0.39, 0.29) is 12.6 Å². The molecule has 0 atom stereocenters. The fourth-order valence-corrected chi connectivity index (χ4v) is 5.41. The van der Waals surface area contributed by atoms with Gasteiger partial charge in [-0.25, -0.2) is 17.2 Å². The summed E-state index contributed by atoms with van der Waals surface area (Å²) in [5.41, 5.74) is 0. The monoisotopic (exact) mass is 387 g/mol. The molecule has 4 nitrogen and oxygen atoms in total. The molecule has 0 spiro atoms. The highest BCUT2D eigenvalue weighted by Crippen LogP contribution is 2.26. The molecule has 2 heterocycles. The first kappa shape index (κ1) is 18.4. The zero-order chi connectivity index (χ0) is 17.9. The Bertz CT molecular complexity index is 803. The second-order valence-corrected chi connectivity index (χ2v) is 8.75.